The van der Waals surface area contributed by atoms with E-state index in [9.17, 15) is 4.79 Å². The van der Waals surface area contributed by atoms with E-state index in [4.69, 9.17) is 9.72 Å². The fourth-order valence-corrected chi connectivity index (χ4v) is 3.07. The molecule has 162 valence electrons. The third-order valence-corrected chi connectivity index (χ3v) is 4.90. The van der Waals surface area contributed by atoms with Crippen LogP contribution in [0.25, 0.3) is 11.3 Å². The molecule has 0 spiro atoms. The Morgan fingerprint density at radius 2 is 1.97 bits per heavy atom. The number of carbonyl (C=O) groups is 1. The fraction of sp³-hybridized carbons (Fsp3) is 0.440. The van der Waals surface area contributed by atoms with Crippen LogP contribution in [-0.2, 0) is 6.42 Å². The first-order chi connectivity index (χ1) is 14.6. The smallest absolute Gasteiger partial charge is 0.322 e. The van der Waals surface area contributed by atoms with Gasteiger partial charge in [0.2, 0.25) is 0 Å². The van der Waals surface area contributed by atoms with Crippen molar-refractivity contribution < 1.29 is 9.53 Å². The van der Waals surface area contributed by atoms with E-state index in [1.807, 2.05) is 30.3 Å². The summed E-state index contributed by atoms with van der Waals surface area (Å²) >= 11 is 0. The lowest BCUT2D eigenvalue weighted by Gasteiger charge is -2.18. The molecule has 1 heterocycles. The van der Waals surface area contributed by atoms with Crippen molar-refractivity contribution in [3.8, 4) is 17.0 Å². The molecule has 0 atom stereocenters. The quantitative estimate of drug-likeness (QED) is 0.346. The number of carbonyl (C=O) groups excluding carboxylic acids is 1. The summed E-state index contributed by atoms with van der Waals surface area (Å²) in [5.41, 5.74) is 2.87. The molecule has 0 aliphatic carbocycles. The lowest BCUT2D eigenvalue weighted by atomic mass is 10.0. The van der Waals surface area contributed by atoms with Gasteiger partial charge >= 0.3 is 6.03 Å². The van der Waals surface area contributed by atoms with Gasteiger partial charge in [-0.1, -0.05) is 51.3 Å². The van der Waals surface area contributed by atoms with Crippen molar-refractivity contribution in [1.29, 1.82) is 0 Å². The normalized spacial score (nSPS) is 10.5. The maximum absolute atomic E-state index is 12.5. The summed E-state index contributed by atoms with van der Waals surface area (Å²) in [6.45, 7) is 9.46. The number of allylic oxidation sites excluding steroid dienone is 1. The number of aromatic nitrogens is 1. The van der Waals surface area contributed by atoms with Crippen LogP contribution in [0.15, 0.2) is 49.1 Å². The highest BCUT2D eigenvalue weighted by Crippen LogP contribution is 2.31. The molecule has 30 heavy (non-hydrogen) atoms. The highest BCUT2D eigenvalue weighted by atomic mass is 16.5. The van der Waals surface area contributed by atoms with E-state index in [1.165, 1.54) is 0 Å². The molecule has 0 unspecified atom stereocenters. The fourth-order valence-electron chi connectivity index (χ4n) is 3.07. The number of anilines is 1. The number of ether oxygens (including phenoxy) is 1. The summed E-state index contributed by atoms with van der Waals surface area (Å²) in [6, 6.07) is 11.7. The van der Waals surface area contributed by atoms with E-state index in [1.54, 1.807) is 11.9 Å². The Morgan fingerprint density at radius 1 is 1.17 bits per heavy atom. The van der Waals surface area contributed by atoms with Crippen molar-refractivity contribution in [3.05, 3.63) is 54.6 Å². The zero-order chi connectivity index (χ0) is 21.8. The van der Waals surface area contributed by atoms with Crippen LogP contribution in [0.3, 0.4) is 0 Å². The summed E-state index contributed by atoms with van der Waals surface area (Å²) in [5, 5.41) is 2.96. The maximum Gasteiger partial charge on any atom is 0.322 e. The van der Waals surface area contributed by atoms with Crippen LogP contribution in [-0.4, -0.2) is 31.2 Å². The Kier molecular flexibility index (Phi) is 9.92. The van der Waals surface area contributed by atoms with Gasteiger partial charge in [-0.15, -0.1) is 6.58 Å². The number of benzene rings is 1. The molecule has 0 aliphatic heterocycles. The van der Waals surface area contributed by atoms with Gasteiger partial charge in [0.05, 0.1) is 12.3 Å². The number of hydrogen-bond acceptors (Lipinski definition) is 3. The number of amides is 2. The minimum Gasteiger partial charge on any atom is -0.493 e. The summed E-state index contributed by atoms with van der Waals surface area (Å²) in [4.78, 5) is 18.7. The van der Waals surface area contributed by atoms with Crippen LogP contribution in [0, 0.1) is 0 Å². The molecule has 1 N–H and O–H groups in total. The Hall–Kier alpha value is -2.82. The number of nitrogens with zero attached hydrogens (tertiary/aromatic N) is 2. The van der Waals surface area contributed by atoms with Crippen LogP contribution in [0.5, 0.6) is 5.75 Å². The van der Waals surface area contributed by atoms with Crippen molar-refractivity contribution in [2.24, 2.45) is 0 Å². The van der Waals surface area contributed by atoms with Gasteiger partial charge in [0.25, 0.3) is 0 Å². The van der Waals surface area contributed by atoms with E-state index >= 15 is 0 Å². The number of hydrogen-bond donors (Lipinski definition) is 1. The van der Waals surface area contributed by atoms with E-state index < -0.39 is 0 Å². The van der Waals surface area contributed by atoms with Crippen molar-refractivity contribution >= 4 is 11.8 Å². The number of pyridine rings is 1. The van der Waals surface area contributed by atoms with Crippen molar-refractivity contribution in [2.45, 2.75) is 52.4 Å². The van der Waals surface area contributed by atoms with Crippen molar-refractivity contribution in [2.75, 3.05) is 25.1 Å². The summed E-state index contributed by atoms with van der Waals surface area (Å²) in [5.74, 6) is 1.43. The molecule has 5 nitrogen and oxygen atoms in total. The molecule has 0 bridgehead atoms. The number of rotatable bonds is 12. The van der Waals surface area contributed by atoms with Crippen molar-refractivity contribution in [1.82, 2.24) is 10.3 Å². The third-order valence-electron chi connectivity index (χ3n) is 4.90. The Balaban J connectivity index is 2.22. The lowest BCUT2D eigenvalue weighted by Crippen LogP contribution is -2.38. The molecule has 2 amide bonds. The molecule has 0 saturated heterocycles. The van der Waals surface area contributed by atoms with E-state index in [0.717, 1.165) is 61.1 Å². The molecule has 0 aliphatic rings. The average molecular weight is 410 g/mol. The molecule has 0 fully saturated rings. The second kappa shape index (κ2) is 12.7. The van der Waals surface area contributed by atoms with E-state index in [2.05, 4.69) is 37.9 Å². The Labute approximate surface area is 181 Å². The monoisotopic (exact) mass is 409 g/mol. The zero-order valence-electron chi connectivity index (χ0n) is 18.6. The zero-order valence-corrected chi connectivity index (χ0v) is 18.6. The highest BCUT2D eigenvalue weighted by molar-refractivity contribution is 5.90. The maximum atomic E-state index is 12.5. The minimum atomic E-state index is -0.142. The second-order valence-electron chi connectivity index (χ2n) is 7.40. The summed E-state index contributed by atoms with van der Waals surface area (Å²) in [6.07, 6.45) is 7.98. The number of nitrogens with one attached hydrogen (secondary N) is 1. The predicted octanol–water partition coefficient (Wildman–Crippen LogP) is 5.99. The van der Waals surface area contributed by atoms with Gasteiger partial charge in [0.15, 0.2) is 0 Å². The van der Waals surface area contributed by atoms with Crippen LogP contribution in [0.1, 0.15) is 51.5 Å². The molecule has 0 radical (unpaired) electrons. The first-order valence-corrected chi connectivity index (χ1v) is 11.0. The Morgan fingerprint density at radius 3 is 2.70 bits per heavy atom. The standard InChI is InChI=1S/C25H35N3O2/c1-5-8-10-17-26-25(29)28(4)24-14-11-13-22(27-24)21-16-15-20(12-7-3)19-23(21)30-18-9-6-2/h7,11,13-16,19H,3,5-6,8-10,12,17-18H2,1-2,4H3,(H,26,29). The first kappa shape index (κ1) is 23.5. The summed E-state index contributed by atoms with van der Waals surface area (Å²) in [7, 11) is 1.74. The number of unbranched alkanes of at least 4 members (excludes halogenated alkanes) is 3. The Bertz CT molecular complexity index is 820. The molecule has 2 aromatic rings. The SMILES string of the molecule is C=CCc1ccc(-c2cccc(N(C)C(=O)NCCCCC)n2)c(OCCCC)c1. The van der Waals surface area contributed by atoms with Crippen LogP contribution in [0.4, 0.5) is 10.6 Å². The van der Waals surface area contributed by atoms with Gasteiger partial charge in [-0.25, -0.2) is 9.78 Å². The molecule has 1 aromatic heterocycles. The largest absolute Gasteiger partial charge is 0.493 e. The molecule has 1 aromatic carbocycles. The molecule has 0 saturated carbocycles. The molecule has 5 heteroatoms. The third kappa shape index (κ3) is 6.90. The van der Waals surface area contributed by atoms with Gasteiger partial charge in [-0.05, 0) is 49.1 Å². The second-order valence-corrected chi connectivity index (χ2v) is 7.40. The van der Waals surface area contributed by atoms with Crippen LogP contribution in [0.2, 0.25) is 0 Å². The highest BCUT2D eigenvalue weighted by Gasteiger charge is 2.14. The first-order valence-electron chi connectivity index (χ1n) is 11.0. The van der Waals surface area contributed by atoms with Gasteiger partial charge in [-0.3, -0.25) is 4.90 Å². The van der Waals surface area contributed by atoms with Crippen LogP contribution < -0.4 is 15.0 Å². The molecular formula is C25H35N3O2. The predicted molar refractivity (Wildman–Crippen MR) is 125 cm³/mol. The van der Waals surface area contributed by atoms with Crippen molar-refractivity contribution in [3.63, 3.8) is 0 Å². The lowest BCUT2D eigenvalue weighted by molar-refractivity contribution is 0.247. The van der Waals surface area contributed by atoms with Gasteiger partial charge in [-0.2, -0.15) is 0 Å². The molecular weight excluding hydrogens is 374 g/mol. The van der Waals surface area contributed by atoms with Gasteiger partial charge in [0, 0.05) is 19.2 Å². The van der Waals surface area contributed by atoms with Gasteiger partial charge < -0.3 is 10.1 Å². The summed E-state index contributed by atoms with van der Waals surface area (Å²) < 4.78 is 6.08. The number of urea groups is 1. The van der Waals surface area contributed by atoms with Crippen LogP contribution >= 0.6 is 0 Å². The minimum absolute atomic E-state index is 0.142. The average Bonchev–Trinajstić information content (AvgIpc) is 2.77. The van der Waals surface area contributed by atoms with Gasteiger partial charge in [0.1, 0.15) is 11.6 Å². The van der Waals surface area contributed by atoms with E-state index in [-0.39, 0.29) is 6.03 Å². The molecule has 2 rings (SSSR count). The topological polar surface area (TPSA) is 54.5 Å². The van der Waals surface area contributed by atoms with E-state index in [0.29, 0.717) is 19.0 Å².